The van der Waals surface area contributed by atoms with Gasteiger partial charge in [0.25, 0.3) is 5.91 Å². The molecule has 2 heterocycles. The van der Waals surface area contributed by atoms with Gasteiger partial charge < -0.3 is 9.08 Å². The summed E-state index contributed by atoms with van der Waals surface area (Å²) in [7, 11) is -5.23. The quantitative estimate of drug-likeness (QED) is 0.613. The highest BCUT2D eigenvalue weighted by atomic mass is 32.3. The summed E-state index contributed by atoms with van der Waals surface area (Å²) in [5.74, 6) is -1.81. The summed E-state index contributed by atoms with van der Waals surface area (Å²) in [4.78, 5) is 36.7. The molecule has 0 aliphatic carbocycles. The second-order valence-corrected chi connectivity index (χ2v) is 6.11. The Balaban J connectivity index is 1.91. The van der Waals surface area contributed by atoms with Crippen molar-refractivity contribution in [3.05, 3.63) is 29.3 Å². The van der Waals surface area contributed by atoms with E-state index in [0.717, 1.165) is 0 Å². The molecule has 0 spiro atoms. The van der Waals surface area contributed by atoms with Gasteiger partial charge in [-0.2, -0.15) is 8.42 Å². The minimum absolute atomic E-state index is 0.0960. The molecule has 1 saturated heterocycles. The van der Waals surface area contributed by atoms with Gasteiger partial charge in [-0.1, -0.05) is 9.95 Å². The fourth-order valence-corrected chi connectivity index (χ4v) is 3.11. The number of nitrogens with zero attached hydrogens (tertiary/aromatic N) is 1. The fourth-order valence-electron chi connectivity index (χ4n) is 2.74. The van der Waals surface area contributed by atoms with Crippen molar-refractivity contribution in [1.82, 2.24) is 10.2 Å². The summed E-state index contributed by atoms with van der Waals surface area (Å²) in [6.45, 7) is -0.105. The van der Waals surface area contributed by atoms with Gasteiger partial charge in [-0.05, 0) is 18.6 Å². The van der Waals surface area contributed by atoms with Crippen molar-refractivity contribution in [2.45, 2.75) is 25.4 Å². The number of hydrogen-bond acceptors (Lipinski definition) is 6. The van der Waals surface area contributed by atoms with E-state index in [1.807, 2.05) is 0 Å². The third-order valence-corrected chi connectivity index (χ3v) is 4.11. The number of piperidine rings is 1. The van der Waals surface area contributed by atoms with Crippen LogP contribution in [0.1, 0.15) is 28.8 Å². The fraction of sp³-hybridized carbons (Fsp3) is 0.308. The monoisotopic (exact) mass is 342 g/mol. The minimum atomic E-state index is -5.23. The first-order valence-corrected chi connectivity index (χ1v) is 7.98. The van der Waals surface area contributed by atoms with Gasteiger partial charge in [-0.3, -0.25) is 19.7 Å². The van der Waals surface area contributed by atoms with Crippen molar-refractivity contribution in [2.24, 2.45) is 0 Å². The van der Waals surface area contributed by atoms with Crippen LogP contribution in [0.5, 0.6) is 5.75 Å². The van der Waals surface area contributed by atoms with Crippen LogP contribution in [0, 0.1) is 0 Å². The van der Waals surface area contributed by atoms with Crippen LogP contribution in [0.25, 0.3) is 0 Å². The molecule has 1 fully saturated rings. The second-order valence-electron chi connectivity index (χ2n) is 5.16. The van der Waals surface area contributed by atoms with Crippen LogP contribution < -0.4 is 9.50 Å². The Morgan fingerprint density at radius 3 is 2.65 bits per heavy atom. The van der Waals surface area contributed by atoms with E-state index in [1.54, 1.807) is 0 Å². The highest BCUT2D eigenvalue weighted by molar-refractivity contribution is 7.81. The van der Waals surface area contributed by atoms with Crippen molar-refractivity contribution >= 4 is 28.2 Å². The molecule has 3 rings (SSSR count). The molecule has 1 aromatic carbocycles. The summed E-state index contributed by atoms with van der Waals surface area (Å²) in [5.41, 5.74) is 0.319. The average molecular weight is 342 g/mol. The van der Waals surface area contributed by atoms with Crippen LogP contribution in [0.2, 0.25) is 0 Å². The van der Waals surface area contributed by atoms with Gasteiger partial charge in [0.05, 0.1) is 6.54 Å². The van der Waals surface area contributed by atoms with Crippen molar-refractivity contribution in [3.63, 3.8) is 0 Å². The zero-order chi connectivity index (χ0) is 16.8. The molecule has 3 amide bonds. The van der Waals surface area contributed by atoms with E-state index in [2.05, 4.69) is 9.50 Å². The Morgan fingerprint density at radius 2 is 2.00 bits per heavy atom. The number of rotatable bonds is 3. The second kappa shape index (κ2) is 5.30. The van der Waals surface area contributed by atoms with Gasteiger partial charge >= 0.3 is 10.5 Å². The molecule has 1 aromatic rings. The number of carbonyl (C=O) groups excluding carboxylic acids is 3. The molecular formula is C13H11FN2O6S. The Labute approximate surface area is 130 Å². The van der Waals surface area contributed by atoms with Crippen molar-refractivity contribution in [2.75, 3.05) is 0 Å². The van der Waals surface area contributed by atoms with Gasteiger partial charge in [0.1, 0.15) is 6.04 Å². The lowest BCUT2D eigenvalue weighted by Gasteiger charge is -2.29. The normalized spacial score (nSPS) is 21.2. The third-order valence-electron chi connectivity index (χ3n) is 3.73. The predicted molar refractivity (Wildman–Crippen MR) is 73.1 cm³/mol. The molecule has 0 radical (unpaired) electrons. The van der Waals surface area contributed by atoms with Crippen molar-refractivity contribution < 1.29 is 30.9 Å². The molecule has 1 atom stereocenters. The maximum absolute atomic E-state index is 12.7. The largest absolute Gasteiger partial charge is 0.488 e. The number of hydrogen-bond donors (Lipinski definition) is 1. The molecular weight excluding hydrogens is 331 g/mol. The summed E-state index contributed by atoms with van der Waals surface area (Å²) in [6, 6.07) is 3.16. The molecule has 0 aromatic heterocycles. The van der Waals surface area contributed by atoms with Crippen LogP contribution in [0.4, 0.5) is 3.89 Å². The SMILES string of the molecule is O=C1CCC(N2Cc3c(OS(=O)(=O)F)cccc3C2=O)C(=O)N1. The van der Waals surface area contributed by atoms with Gasteiger partial charge in [0, 0.05) is 17.5 Å². The van der Waals surface area contributed by atoms with E-state index >= 15 is 0 Å². The smallest absolute Gasteiger partial charge is 0.358 e. The van der Waals surface area contributed by atoms with Gasteiger partial charge in [0.15, 0.2) is 5.75 Å². The minimum Gasteiger partial charge on any atom is -0.358 e. The predicted octanol–water partition coefficient (Wildman–Crippen LogP) is 0.0407. The van der Waals surface area contributed by atoms with Crippen LogP contribution >= 0.6 is 0 Å². The standard InChI is InChI=1S/C13H11FN2O6S/c14-23(20,21)22-10-3-1-2-7-8(10)6-16(13(7)19)9-4-5-11(17)15-12(9)18/h1-3,9H,4-6H2,(H,15,17,18). The van der Waals surface area contributed by atoms with E-state index in [9.17, 15) is 26.7 Å². The number of halogens is 1. The van der Waals surface area contributed by atoms with Gasteiger partial charge in [-0.15, -0.1) is 0 Å². The Morgan fingerprint density at radius 1 is 1.26 bits per heavy atom. The highest BCUT2D eigenvalue weighted by Crippen LogP contribution is 2.34. The topological polar surface area (TPSA) is 110 Å². The van der Waals surface area contributed by atoms with E-state index in [0.29, 0.717) is 0 Å². The number of nitrogens with one attached hydrogen (secondary N) is 1. The van der Waals surface area contributed by atoms with Crippen LogP contribution in [-0.2, 0) is 26.6 Å². The summed E-state index contributed by atoms with van der Waals surface area (Å²) >= 11 is 0. The van der Waals surface area contributed by atoms with Crippen LogP contribution in [-0.4, -0.2) is 37.1 Å². The van der Waals surface area contributed by atoms with E-state index in [4.69, 9.17) is 0 Å². The first-order chi connectivity index (χ1) is 10.8. The zero-order valence-corrected chi connectivity index (χ0v) is 12.4. The summed E-state index contributed by atoms with van der Waals surface area (Å²) < 4.78 is 38.3. The number of carbonyl (C=O) groups is 3. The Kier molecular flexibility index (Phi) is 3.55. The molecule has 0 bridgehead atoms. The van der Waals surface area contributed by atoms with Crippen LogP contribution in [0.15, 0.2) is 18.2 Å². The molecule has 2 aliphatic rings. The highest BCUT2D eigenvalue weighted by Gasteiger charge is 2.40. The number of amides is 3. The van der Waals surface area contributed by atoms with Crippen molar-refractivity contribution in [1.29, 1.82) is 0 Å². The lowest BCUT2D eigenvalue weighted by Crippen LogP contribution is -2.52. The maximum atomic E-state index is 12.7. The maximum Gasteiger partial charge on any atom is 0.488 e. The number of benzene rings is 1. The third kappa shape index (κ3) is 2.89. The molecule has 1 unspecified atom stereocenters. The van der Waals surface area contributed by atoms with Crippen molar-refractivity contribution in [3.8, 4) is 5.75 Å². The molecule has 10 heteroatoms. The summed E-state index contributed by atoms with van der Waals surface area (Å²) in [5, 5.41) is 2.15. The van der Waals surface area contributed by atoms with E-state index in [-0.39, 0.29) is 36.3 Å². The average Bonchev–Trinajstić information content (AvgIpc) is 2.76. The lowest BCUT2D eigenvalue weighted by atomic mass is 10.0. The van der Waals surface area contributed by atoms with Gasteiger partial charge in [-0.25, -0.2) is 0 Å². The Hall–Kier alpha value is -2.49. The summed E-state index contributed by atoms with van der Waals surface area (Å²) in [6.07, 6.45) is 0.265. The first-order valence-electron chi connectivity index (χ1n) is 6.67. The lowest BCUT2D eigenvalue weighted by molar-refractivity contribution is -0.136. The van der Waals surface area contributed by atoms with Crippen LogP contribution in [0.3, 0.4) is 0 Å². The molecule has 23 heavy (non-hydrogen) atoms. The number of fused-ring (bicyclic) bond motifs is 1. The molecule has 2 aliphatic heterocycles. The zero-order valence-electron chi connectivity index (χ0n) is 11.6. The molecule has 0 saturated carbocycles. The molecule has 8 nitrogen and oxygen atoms in total. The van der Waals surface area contributed by atoms with Gasteiger partial charge in [0.2, 0.25) is 11.8 Å². The molecule has 1 N–H and O–H groups in total. The number of imide groups is 1. The van der Waals surface area contributed by atoms with E-state index in [1.165, 1.54) is 23.1 Å². The molecule has 122 valence electrons. The first kappa shape index (κ1) is 15.4. The Bertz CT molecular complexity index is 822. The van der Waals surface area contributed by atoms with E-state index < -0.39 is 34.3 Å².